The Morgan fingerprint density at radius 1 is 1.00 bits per heavy atom. The Balaban J connectivity index is 2.39. The highest BCUT2D eigenvalue weighted by atomic mass is 16.4. The number of aromatic nitrogens is 1. The van der Waals surface area contributed by atoms with Gasteiger partial charge in [0.2, 0.25) is 0 Å². The third-order valence-electron chi connectivity index (χ3n) is 3.91. The van der Waals surface area contributed by atoms with E-state index in [1.165, 1.54) is 0 Å². The van der Waals surface area contributed by atoms with E-state index in [2.05, 4.69) is 0 Å². The molecule has 3 rings (SSSR count). The van der Waals surface area contributed by atoms with Gasteiger partial charge in [-0.05, 0) is 44.0 Å². The Labute approximate surface area is 129 Å². The molecule has 0 fully saturated rings. The lowest BCUT2D eigenvalue weighted by Gasteiger charge is -2.11. The zero-order chi connectivity index (χ0) is 15.9. The van der Waals surface area contributed by atoms with Gasteiger partial charge in [-0.25, -0.2) is 9.78 Å². The Kier molecular flexibility index (Phi) is 3.41. The van der Waals surface area contributed by atoms with E-state index in [0.717, 1.165) is 33.2 Å². The lowest BCUT2D eigenvalue weighted by molar-refractivity contribution is 0.0699. The van der Waals surface area contributed by atoms with Crippen molar-refractivity contribution in [2.45, 2.75) is 20.8 Å². The highest BCUT2D eigenvalue weighted by Crippen LogP contribution is 2.29. The molecule has 110 valence electrons. The van der Waals surface area contributed by atoms with Gasteiger partial charge in [0.25, 0.3) is 0 Å². The molecular weight excluding hydrogens is 274 g/mol. The van der Waals surface area contributed by atoms with Gasteiger partial charge >= 0.3 is 5.97 Å². The summed E-state index contributed by atoms with van der Waals surface area (Å²) in [6.07, 6.45) is 0. The van der Waals surface area contributed by atoms with Crippen LogP contribution in [0.1, 0.15) is 27.0 Å². The zero-order valence-electron chi connectivity index (χ0n) is 12.8. The molecule has 0 unspecified atom stereocenters. The summed E-state index contributed by atoms with van der Waals surface area (Å²) in [6, 6.07) is 13.5. The van der Waals surface area contributed by atoms with E-state index in [-0.39, 0.29) is 0 Å². The van der Waals surface area contributed by atoms with Crippen LogP contribution in [0.15, 0.2) is 42.5 Å². The van der Waals surface area contributed by atoms with Crippen LogP contribution < -0.4 is 0 Å². The summed E-state index contributed by atoms with van der Waals surface area (Å²) in [4.78, 5) is 16.4. The number of carbonyl (C=O) groups is 1. The maximum Gasteiger partial charge on any atom is 0.336 e. The van der Waals surface area contributed by atoms with Gasteiger partial charge < -0.3 is 5.11 Å². The molecule has 0 aliphatic rings. The maximum atomic E-state index is 11.7. The summed E-state index contributed by atoms with van der Waals surface area (Å²) in [6.45, 7) is 5.89. The Morgan fingerprint density at radius 3 is 2.41 bits per heavy atom. The first-order valence-corrected chi connectivity index (χ1v) is 7.18. The van der Waals surface area contributed by atoms with Crippen LogP contribution >= 0.6 is 0 Å². The predicted octanol–water partition coefficient (Wildman–Crippen LogP) is 4.53. The molecule has 0 spiro atoms. The van der Waals surface area contributed by atoms with E-state index in [9.17, 15) is 9.90 Å². The Bertz CT molecular complexity index is 897. The molecule has 1 N–H and O–H groups in total. The SMILES string of the molecule is Cc1cccc(-c2cc(C(=O)O)c3c(C)ccc(C)c3n2)c1. The van der Waals surface area contributed by atoms with Crippen LogP contribution in [0.5, 0.6) is 0 Å². The number of carboxylic acid groups (broad SMARTS) is 1. The van der Waals surface area contributed by atoms with Gasteiger partial charge in [-0.3, -0.25) is 0 Å². The average Bonchev–Trinajstić information content (AvgIpc) is 2.50. The van der Waals surface area contributed by atoms with Crippen molar-refractivity contribution in [3.8, 4) is 11.3 Å². The number of hydrogen-bond donors (Lipinski definition) is 1. The number of aryl methyl sites for hydroxylation is 3. The molecule has 3 aromatic rings. The topological polar surface area (TPSA) is 50.2 Å². The van der Waals surface area contributed by atoms with Crippen LogP contribution in [0.4, 0.5) is 0 Å². The minimum Gasteiger partial charge on any atom is -0.478 e. The van der Waals surface area contributed by atoms with Crippen molar-refractivity contribution in [2.75, 3.05) is 0 Å². The molecule has 1 heterocycles. The van der Waals surface area contributed by atoms with Crippen molar-refractivity contribution in [1.29, 1.82) is 0 Å². The van der Waals surface area contributed by atoms with Gasteiger partial charge in [0.1, 0.15) is 0 Å². The van der Waals surface area contributed by atoms with Gasteiger partial charge in [-0.15, -0.1) is 0 Å². The van der Waals surface area contributed by atoms with Gasteiger partial charge in [0.15, 0.2) is 0 Å². The van der Waals surface area contributed by atoms with Gasteiger partial charge in [0.05, 0.1) is 16.8 Å². The molecule has 1 aromatic heterocycles. The summed E-state index contributed by atoms with van der Waals surface area (Å²) in [5.41, 5.74) is 5.74. The lowest BCUT2D eigenvalue weighted by atomic mass is 9.98. The first-order valence-electron chi connectivity index (χ1n) is 7.18. The average molecular weight is 291 g/mol. The first kappa shape index (κ1) is 14.3. The molecular formula is C19H17NO2. The highest BCUT2D eigenvalue weighted by molar-refractivity contribution is 6.05. The van der Waals surface area contributed by atoms with E-state index in [1.807, 2.05) is 57.2 Å². The molecule has 0 radical (unpaired) electrons. The van der Waals surface area contributed by atoms with E-state index >= 15 is 0 Å². The normalized spacial score (nSPS) is 10.9. The van der Waals surface area contributed by atoms with Gasteiger partial charge in [-0.2, -0.15) is 0 Å². The largest absolute Gasteiger partial charge is 0.478 e. The molecule has 0 aliphatic heterocycles. The number of pyridine rings is 1. The van der Waals surface area contributed by atoms with Crippen LogP contribution in [0.2, 0.25) is 0 Å². The van der Waals surface area contributed by atoms with Gasteiger partial charge in [0, 0.05) is 10.9 Å². The Morgan fingerprint density at radius 2 is 1.73 bits per heavy atom. The molecule has 22 heavy (non-hydrogen) atoms. The first-order chi connectivity index (χ1) is 10.5. The highest BCUT2D eigenvalue weighted by Gasteiger charge is 2.16. The lowest BCUT2D eigenvalue weighted by Crippen LogP contribution is -2.02. The quantitative estimate of drug-likeness (QED) is 0.755. The summed E-state index contributed by atoms with van der Waals surface area (Å²) in [5, 5.41) is 10.3. The minimum absolute atomic E-state index is 0.308. The molecule has 0 saturated carbocycles. The van der Waals surface area contributed by atoms with Crippen molar-refractivity contribution in [3.63, 3.8) is 0 Å². The number of benzene rings is 2. The predicted molar refractivity (Wildman–Crippen MR) is 88.3 cm³/mol. The third-order valence-corrected chi connectivity index (χ3v) is 3.91. The summed E-state index contributed by atoms with van der Waals surface area (Å²) in [5.74, 6) is -0.921. The van der Waals surface area contributed by atoms with Crippen molar-refractivity contribution < 1.29 is 9.90 Å². The summed E-state index contributed by atoms with van der Waals surface area (Å²) >= 11 is 0. The van der Waals surface area contributed by atoms with Crippen LogP contribution in [0.3, 0.4) is 0 Å². The Hall–Kier alpha value is -2.68. The molecule has 0 bridgehead atoms. The van der Waals surface area contributed by atoms with Crippen LogP contribution in [-0.4, -0.2) is 16.1 Å². The van der Waals surface area contributed by atoms with E-state index in [4.69, 9.17) is 4.98 Å². The molecule has 3 nitrogen and oxygen atoms in total. The standard InChI is InChI=1S/C19H17NO2/c1-11-5-4-6-14(9-11)16-10-15(19(21)22)17-12(2)7-8-13(3)18(17)20-16/h4-10H,1-3H3,(H,21,22). The maximum absolute atomic E-state index is 11.7. The minimum atomic E-state index is -0.921. The van der Waals surface area contributed by atoms with Crippen molar-refractivity contribution in [1.82, 2.24) is 4.98 Å². The summed E-state index contributed by atoms with van der Waals surface area (Å²) in [7, 11) is 0. The number of nitrogens with zero attached hydrogens (tertiary/aromatic N) is 1. The number of fused-ring (bicyclic) bond motifs is 1. The van der Waals surface area contributed by atoms with E-state index in [0.29, 0.717) is 11.3 Å². The smallest absolute Gasteiger partial charge is 0.336 e. The van der Waals surface area contributed by atoms with Crippen molar-refractivity contribution in [2.24, 2.45) is 0 Å². The fraction of sp³-hybridized carbons (Fsp3) is 0.158. The number of aromatic carboxylic acids is 1. The number of carboxylic acids is 1. The molecule has 2 aromatic carbocycles. The number of rotatable bonds is 2. The third kappa shape index (κ3) is 2.35. The van der Waals surface area contributed by atoms with Crippen molar-refractivity contribution in [3.05, 3.63) is 64.7 Å². The molecule has 0 saturated heterocycles. The van der Waals surface area contributed by atoms with E-state index < -0.39 is 5.97 Å². The summed E-state index contributed by atoms with van der Waals surface area (Å²) < 4.78 is 0. The van der Waals surface area contributed by atoms with Crippen LogP contribution in [0, 0.1) is 20.8 Å². The second kappa shape index (κ2) is 5.26. The fourth-order valence-electron chi connectivity index (χ4n) is 2.76. The molecule has 0 atom stereocenters. The van der Waals surface area contributed by atoms with Crippen LogP contribution in [-0.2, 0) is 0 Å². The van der Waals surface area contributed by atoms with Gasteiger partial charge in [-0.1, -0.05) is 35.9 Å². The molecule has 3 heteroatoms. The van der Waals surface area contributed by atoms with E-state index in [1.54, 1.807) is 6.07 Å². The zero-order valence-corrected chi connectivity index (χ0v) is 12.8. The van der Waals surface area contributed by atoms with Crippen molar-refractivity contribution >= 4 is 16.9 Å². The number of hydrogen-bond acceptors (Lipinski definition) is 2. The molecule has 0 aliphatic carbocycles. The fourth-order valence-corrected chi connectivity index (χ4v) is 2.76. The monoisotopic (exact) mass is 291 g/mol. The second-order valence-electron chi connectivity index (χ2n) is 5.65. The van der Waals surface area contributed by atoms with Crippen LogP contribution in [0.25, 0.3) is 22.2 Å². The second-order valence-corrected chi connectivity index (χ2v) is 5.65. The molecule has 0 amide bonds.